The summed E-state index contributed by atoms with van der Waals surface area (Å²) < 4.78 is 13.8. The maximum Gasteiger partial charge on any atom is 0.141 e. The number of aromatic nitrogens is 1. The largest absolute Gasteiger partial charge is 0.373 e. The summed E-state index contributed by atoms with van der Waals surface area (Å²) in [4.78, 5) is 8.57. The molecule has 5 rings (SSSR count). The number of rotatable bonds is 10. The van der Waals surface area contributed by atoms with Gasteiger partial charge in [0.1, 0.15) is 5.82 Å². The molecule has 8 nitrogen and oxygen atoms in total. The van der Waals surface area contributed by atoms with Crippen molar-refractivity contribution in [1.82, 2.24) is 21.0 Å². The van der Waals surface area contributed by atoms with Gasteiger partial charge in [0.2, 0.25) is 0 Å². The molecular formula is C32H27Cl2FN8. The molecule has 216 valence electrons. The number of pyridine rings is 1. The normalized spacial score (nSPS) is 13.7. The molecule has 0 bridgehead atoms. The quantitative estimate of drug-likeness (QED) is 0.107. The van der Waals surface area contributed by atoms with Crippen LogP contribution in [0.4, 0.5) is 21.5 Å². The van der Waals surface area contributed by atoms with Crippen LogP contribution >= 0.6 is 23.2 Å². The average molecular weight is 614 g/mol. The van der Waals surface area contributed by atoms with Crippen LogP contribution in [0.3, 0.4) is 0 Å². The molecule has 0 radical (unpaired) electrons. The minimum Gasteiger partial charge on any atom is -0.373 e. The topological polar surface area (TPSA) is 100 Å². The van der Waals surface area contributed by atoms with E-state index >= 15 is 0 Å². The molecule has 0 amide bonds. The second-order valence-corrected chi connectivity index (χ2v) is 10.5. The monoisotopic (exact) mass is 612 g/mol. The van der Waals surface area contributed by atoms with E-state index in [1.165, 1.54) is 18.2 Å². The molecule has 4 N–H and O–H groups in total. The van der Waals surface area contributed by atoms with Gasteiger partial charge in [-0.3, -0.25) is 15.0 Å². The van der Waals surface area contributed by atoms with Gasteiger partial charge in [-0.15, -0.1) is 5.53 Å². The number of nitrogens with one attached hydrogen (secondary N) is 4. The van der Waals surface area contributed by atoms with Gasteiger partial charge in [0.15, 0.2) is 0 Å². The maximum absolute atomic E-state index is 13.8. The number of nitrogens with zero attached hydrogens (tertiary/aromatic N) is 4. The fraction of sp³-hybridized carbons (Fsp3) is 0.0938. The van der Waals surface area contributed by atoms with E-state index in [1.54, 1.807) is 19.2 Å². The number of hydrogen-bond donors (Lipinski definition) is 4. The van der Waals surface area contributed by atoms with Crippen LogP contribution in [-0.2, 0) is 6.54 Å². The van der Waals surface area contributed by atoms with E-state index in [0.29, 0.717) is 45.5 Å². The summed E-state index contributed by atoms with van der Waals surface area (Å²) in [5, 5.41) is 18.8. The molecule has 1 aliphatic heterocycles. The van der Waals surface area contributed by atoms with Crippen molar-refractivity contribution in [2.24, 2.45) is 4.99 Å². The lowest BCUT2D eigenvalue weighted by Gasteiger charge is -2.23. The van der Waals surface area contributed by atoms with Crippen molar-refractivity contribution in [3.8, 4) is 6.07 Å². The summed E-state index contributed by atoms with van der Waals surface area (Å²) in [6.07, 6.45) is 3.74. The molecule has 1 aliphatic rings. The Balaban J connectivity index is 1.52. The summed E-state index contributed by atoms with van der Waals surface area (Å²) in [7, 11) is 0. The number of allylic oxidation sites excluding steroid dienone is 1. The molecule has 1 atom stereocenters. The highest BCUT2D eigenvalue weighted by Crippen LogP contribution is 2.40. The lowest BCUT2D eigenvalue weighted by atomic mass is 10.0. The van der Waals surface area contributed by atoms with Crippen molar-refractivity contribution >= 4 is 52.7 Å². The Morgan fingerprint density at radius 2 is 1.84 bits per heavy atom. The first-order valence-corrected chi connectivity index (χ1v) is 14.0. The van der Waals surface area contributed by atoms with Crippen molar-refractivity contribution in [1.29, 1.82) is 5.26 Å². The van der Waals surface area contributed by atoms with Crippen LogP contribution in [0.25, 0.3) is 5.70 Å². The first-order chi connectivity index (χ1) is 20.9. The Hall–Kier alpha value is -4.88. The Morgan fingerprint density at radius 1 is 1.07 bits per heavy atom. The summed E-state index contributed by atoms with van der Waals surface area (Å²) in [6.45, 7) is 5.91. The number of benzene rings is 3. The number of hydrogen-bond acceptors (Lipinski definition) is 8. The van der Waals surface area contributed by atoms with Crippen LogP contribution in [0.5, 0.6) is 0 Å². The van der Waals surface area contributed by atoms with Crippen LogP contribution in [0, 0.1) is 17.1 Å². The van der Waals surface area contributed by atoms with Crippen LogP contribution < -0.4 is 21.6 Å². The SMILES string of the molecule is C=Nc1c(Cl)cc(N[C@H](C2=CN(Cc3ccccn3)NN2)c2ccccc2)cc1/C(Nc1ccc(F)c(Cl)c1)=C(\C)C#N. The Bertz CT molecular complexity index is 1740. The van der Waals surface area contributed by atoms with E-state index in [0.717, 1.165) is 17.0 Å². The standard InChI is InChI=1S/C32H27Cl2FN8/c1-20(17-36)30(39-22-11-12-28(35)26(33)15-22)25-14-24(16-27(34)32(25)37-2)40-31(21-8-4-3-5-9-21)29-19-43(42-41-29)18-23-10-6-7-13-38-23/h3-16,19,31,39-42H,2,18H2,1H3/b30-20-/t31-/m0/s1. The Labute approximate surface area is 259 Å². The van der Waals surface area contributed by atoms with Crippen LogP contribution in [0.1, 0.15) is 29.8 Å². The third-order valence-electron chi connectivity index (χ3n) is 6.67. The van der Waals surface area contributed by atoms with Crippen molar-refractivity contribution in [2.45, 2.75) is 19.5 Å². The van der Waals surface area contributed by atoms with E-state index in [4.69, 9.17) is 23.2 Å². The molecule has 4 aromatic rings. The van der Waals surface area contributed by atoms with E-state index in [2.05, 4.69) is 44.4 Å². The van der Waals surface area contributed by atoms with Crippen LogP contribution in [0.2, 0.25) is 10.0 Å². The first kappa shape index (κ1) is 29.6. The van der Waals surface area contributed by atoms with Gasteiger partial charge < -0.3 is 16.1 Å². The van der Waals surface area contributed by atoms with Gasteiger partial charge in [-0.2, -0.15) is 5.26 Å². The zero-order chi connectivity index (χ0) is 30.3. The molecule has 11 heteroatoms. The van der Waals surface area contributed by atoms with Gasteiger partial charge in [0, 0.05) is 29.3 Å². The summed E-state index contributed by atoms with van der Waals surface area (Å²) in [5.41, 5.74) is 12.0. The number of aliphatic imine (C=N–C) groups is 1. The van der Waals surface area contributed by atoms with Crippen LogP contribution in [-0.4, -0.2) is 16.7 Å². The molecule has 3 aromatic carbocycles. The van der Waals surface area contributed by atoms with Gasteiger partial charge in [-0.25, -0.2) is 4.39 Å². The molecule has 0 saturated heterocycles. The molecule has 0 saturated carbocycles. The smallest absolute Gasteiger partial charge is 0.141 e. The highest BCUT2D eigenvalue weighted by molar-refractivity contribution is 6.34. The Morgan fingerprint density at radius 3 is 2.53 bits per heavy atom. The van der Waals surface area contributed by atoms with Gasteiger partial charge in [-0.05, 0) is 61.7 Å². The summed E-state index contributed by atoms with van der Waals surface area (Å²) in [6, 6.07) is 25.4. The molecular weight excluding hydrogens is 586 g/mol. The minimum absolute atomic E-state index is 0.0526. The van der Waals surface area contributed by atoms with Crippen molar-refractivity contribution < 1.29 is 4.39 Å². The molecule has 0 unspecified atom stereocenters. The summed E-state index contributed by atoms with van der Waals surface area (Å²) >= 11 is 12.8. The predicted octanol–water partition coefficient (Wildman–Crippen LogP) is 7.75. The number of anilines is 2. The van der Waals surface area contributed by atoms with E-state index < -0.39 is 5.82 Å². The predicted molar refractivity (Wildman–Crippen MR) is 171 cm³/mol. The minimum atomic E-state index is -0.549. The highest BCUT2D eigenvalue weighted by atomic mass is 35.5. The number of halogens is 3. The van der Waals surface area contributed by atoms with Gasteiger partial charge >= 0.3 is 0 Å². The fourth-order valence-corrected chi connectivity index (χ4v) is 5.05. The summed E-state index contributed by atoms with van der Waals surface area (Å²) in [5.74, 6) is -0.549. The zero-order valence-corrected chi connectivity index (χ0v) is 24.6. The van der Waals surface area contributed by atoms with Crippen molar-refractivity contribution in [3.05, 3.63) is 135 Å². The fourth-order valence-electron chi connectivity index (χ4n) is 4.59. The van der Waals surface area contributed by atoms with E-state index in [9.17, 15) is 9.65 Å². The molecule has 1 aromatic heterocycles. The van der Waals surface area contributed by atoms with E-state index in [1.807, 2.05) is 65.8 Å². The second-order valence-electron chi connectivity index (χ2n) is 9.64. The Kier molecular flexibility index (Phi) is 9.23. The lowest BCUT2D eigenvalue weighted by molar-refractivity contribution is 0.259. The van der Waals surface area contributed by atoms with Gasteiger partial charge in [0.05, 0.1) is 57.0 Å². The van der Waals surface area contributed by atoms with Crippen molar-refractivity contribution in [3.63, 3.8) is 0 Å². The zero-order valence-electron chi connectivity index (χ0n) is 23.1. The van der Waals surface area contributed by atoms with Crippen molar-refractivity contribution in [2.75, 3.05) is 10.6 Å². The van der Waals surface area contributed by atoms with E-state index in [-0.39, 0.29) is 11.1 Å². The molecule has 0 spiro atoms. The average Bonchev–Trinajstić information content (AvgIpc) is 3.48. The lowest BCUT2D eigenvalue weighted by Crippen LogP contribution is -2.37. The maximum atomic E-state index is 13.8. The number of hydrazine groups is 2. The second kappa shape index (κ2) is 13.4. The molecule has 0 fully saturated rings. The third kappa shape index (κ3) is 6.96. The number of nitriles is 1. The van der Waals surface area contributed by atoms with Gasteiger partial charge in [-0.1, -0.05) is 59.6 Å². The highest BCUT2D eigenvalue weighted by Gasteiger charge is 2.24. The molecule has 43 heavy (non-hydrogen) atoms. The third-order valence-corrected chi connectivity index (χ3v) is 7.25. The molecule has 2 heterocycles. The molecule has 0 aliphatic carbocycles. The van der Waals surface area contributed by atoms with Gasteiger partial charge in [0.25, 0.3) is 0 Å². The first-order valence-electron chi connectivity index (χ1n) is 13.2. The van der Waals surface area contributed by atoms with Crippen LogP contribution in [0.15, 0.2) is 108 Å².